The van der Waals surface area contributed by atoms with E-state index in [4.69, 9.17) is 0 Å². The van der Waals surface area contributed by atoms with Crippen molar-refractivity contribution in [2.24, 2.45) is 0 Å². The summed E-state index contributed by atoms with van der Waals surface area (Å²) < 4.78 is 1.84. The molecule has 152 valence electrons. The molecule has 4 amide bonds. The van der Waals surface area contributed by atoms with Crippen LogP contribution in [0.4, 0.5) is 10.5 Å². The number of aryl methyl sites for hydroxylation is 1. The largest absolute Gasteiger partial charge is 0.337 e. The molecule has 0 radical (unpaired) electrons. The number of aromatic nitrogens is 1. The van der Waals surface area contributed by atoms with Gasteiger partial charge in [0.1, 0.15) is 12.2 Å². The number of amides is 4. The second-order valence-electron chi connectivity index (χ2n) is 7.18. The van der Waals surface area contributed by atoms with E-state index in [1.807, 2.05) is 66.2 Å². The number of carbonyl (C=O) groups excluding carboxylic acids is 3. The molecule has 1 aliphatic rings. The molecule has 0 unspecified atom stereocenters. The lowest BCUT2D eigenvalue weighted by Crippen LogP contribution is -2.30. The number of para-hydroxylation sites is 1. The lowest BCUT2D eigenvalue weighted by molar-refractivity contribution is -0.122. The highest BCUT2D eigenvalue weighted by Crippen LogP contribution is 2.25. The smallest absolute Gasteiger partial charge is 0.328 e. The first kappa shape index (κ1) is 19.4. The summed E-state index contributed by atoms with van der Waals surface area (Å²) in [5.74, 6) is -0.502. The number of likely N-dealkylation sites (N-methyl/N-ethyl adjacent to an activating group) is 1. The first-order valence-electron chi connectivity index (χ1n) is 9.75. The molecule has 0 spiro atoms. The van der Waals surface area contributed by atoms with Gasteiger partial charge < -0.3 is 15.2 Å². The molecule has 0 saturated carbocycles. The number of benzene rings is 2. The maximum absolute atomic E-state index is 12.6. The summed E-state index contributed by atoms with van der Waals surface area (Å²) in [6, 6.07) is 14.8. The minimum Gasteiger partial charge on any atom is -0.337 e. The van der Waals surface area contributed by atoms with Gasteiger partial charge in [-0.1, -0.05) is 35.9 Å². The molecule has 0 atom stereocenters. The third-order valence-electron chi connectivity index (χ3n) is 5.05. The molecule has 1 aromatic heterocycles. The molecule has 1 aliphatic heterocycles. The lowest BCUT2D eigenvalue weighted by Gasteiger charge is -2.07. The maximum atomic E-state index is 12.6. The standard InChI is InChI=1S/C23H22N4O3/c1-3-27-22(29)19(25-23(27)30)12-16-13-26(20-7-5-4-6-18(16)20)14-21(28)24-17-10-8-15(2)9-11-17/h4-13H,3,14H2,1-2H3,(H,24,28)(H,25,30)/b19-12-. The van der Waals surface area contributed by atoms with E-state index in [-0.39, 0.29) is 24.1 Å². The van der Waals surface area contributed by atoms with Crippen LogP contribution in [0.2, 0.25) is 0 Å². The number of urea groups is 1. The van der Waals surface area contributed by atoms with Gasteiger partial charge in [-0.15, -0.1) is 0 Å². The van der Waals surface area contributed by atoms with E-state index < -0.39 is 6.03 Å². The zero-order valence-electron chi connectivity index (χ0n) is 16.8. The van der Waals surface area contributed by atoms with Crippen molar-refractivity contribution in [2.45, 2.75) is 20.4 Å². The third kappa shape index (κ3) is 3.69. The first-order chi connectivity index (χ1) is 14.5. The number of carbonyl (C=O) groups is 3. The predicted octanol–water partition coefficient (Wildman–Crippen LogP) is 3.50. The average molecular weight is 402 g/mol. The summed E-state index contributed by atoms with van der Waals surface area (Å²) in [6.45, 7) is 4.17. The van der Waals surface area contributed by atoms with E-state index in [0.717, 1.165) is 32.6 Å². The van der Waals surface area contributed by atoms with Gasteiger partial charge in [0.15, 0.2) is 0 Å². The topological polar surface area (TPSA) is 83.4 Å². The van der Waals surface area contributed by atoms with Gasteiger partial charge in [0.25, 0.3) is 5.91 Å². The molecular formula is C23H22N4O3. The van der Waals surface area contributed by atoms with Crippen molar-refractivity contribution in [1.82, 2.24) is 14.8 Å². The van der Waals surface area contributed by atoms with Gasteiger partial charge in [-0.25, -0.2) is 4.79 Å². The quantitative estimate of drug-likeness (QED) is 0.506. The van der Waals surface area contributed by atoms with Crippen LogP contribution in [-0.4, -0.2) is 33.9 Å². The summed E-state index contributed by atoms with van der Waals surface area (Å²) >= 11 is 0. The van der Waals surface area contributed by atoms with Crippen molar-refractivity contribution in [2.75, 3.05) is 11.9 Å². The average Bonchev–Trinajstić information content (AvgIpc) is 3.20. The van der Waals surface area contributed by atoms with Gasteiger partial charge in [0.2, 0.25) is 5.91 Å². The number of hydrogen-bond acceptors (Lipinski definition) is 3. The zero-order chi connectivity index (χ0) is 21.3. The Labute approximate surface area is 174 Å². The molecule has 4 rings (SSSR count). The van der Waals surface area contributed by atoms with Gasteiger partial charge in [-0.2, -0.15) is 0 Å². The molecule has 1 saturated heterocycles. The minimum atomic E-state index is -0.421. The second-order valence-corrected chi connectivity index (χ2v) is 7.18. The summed E-state index contributed by atoms with van der Waals surface area (Å²) in [7, 11) is 0. The van der Waals surface area contributed by atoms with Crippen LogP contribution in [0.5, 0.6) is 0 Å². The SMILES string of the molecule is CCN1C(=O)N/C(=C\c2cn(CC(=O)Nc3ccc(C)cc3)c3ccccc23)C1=O. The first-order valence-corrected chi connectivity index (χ1v) is 9.75. The molecule has 7 nitrogen and oxygen atoms in total. The molecule has 0 aliphatic carbocycles. The number of anilines is 1. The van der Waals surface area contributed by atoms with E-state index in [9.17, 15) is 14.4 Å². The Hall–Kier alpha value is -3.87. The van der Waals surface area contributed by atoms with Crippen molar-refractivity contribution in [3.63, 3.8) is 0 Å². The van der Waals surface area contributed by atoms with Gasteiger partial charge in [-0.05, 0) is 38.1 Å². The number of fused-ring (bicyclic) bond motifs is 1. The Balaban J connectivity index is 1.62. The van der Waals surface area contributed by atoms with E-state index in [0.29, 0.717) is 6.54 Å². The van der Waals surface area contributed by atoms with E-state index in [1.165, 1.54) is 0 Å². The van der Waals surface area contributed by atoms with Crippen LogP contribution < -0.4 is 10.6 Å². The lowest BCUT2D eigenvalue weighted by atomic mass is 10.1. The van der Waals surface area contributed by atoms with Crippen molar-refractivity contribution >= 4 is 40.5 Å². The minimum absolute atomic E-state index is 0.124. The molecule has 30 heavy (non-hydrogen) atoms. The van der Waals surface area contributed by atoms with E-state index in [1.54, 1.807) is 13.0 Å². The highest BCUT2D eigenvalue weighted by atomic mass is 16.2. The van der Waals surface area contributed by atoms with Crippen LogP contribution in [-0.2, 0) is 16.1 Å². The van der Waals surface area contributed by atoms with Gasteiger partial charge >= 0.3 is 6.03 Å². The summed E-state index contributed by atoms with van der Waals surface area (Å²) in [6.07, 6.45) is 3.48. The highest BCUT2D eigenvalue weighted by molar-refractivity contribution is 6.14. The van der Waals surface area contributed by atoms with Crippen LogP contribution in [0.25, 0.3) is 17.0 Å². The van der Waals surface area contributed by atoms with Crippen LogP contribution in [0.15, 0.2) is 60.4 Å². The molecule has 2 heterocycles. The van der Waals surface area contributed by atoms with Crippen molar-refractivity contribution in [3.05, 3.63) is 71.6 Å². The maximum Gasteiger partial charge on any atom is 0.328 e. The molecule has 0 bridgehead atoms. The number of nitrogens with zero attached hydrogens (tertiary/aromatic N) is 2. The summed E-state index contributed by atoms with van der Waals surface area (Å²) in [5, 5.41) is 6.41. The number of rotatable bonds is 5. The van der Waals surface area contributed by atoms with Crippen LogP contribution in [0.1, 0.15) is 18.1 Å². The Morgan fingerprint density at radius 1 is 1.10 bits per heavy atom. The number of nitrogens with one attached hydrogen (secondary N) is 2. The molecule has 2 N–H and O–H groups in total. The van der Waals surface area contributed by atoms with Gasteiger partial charge in [0, 0.05) is 34.9 Å². The van der Waals surface area contributed by atoms with Gasteiger partial charge in [0.05, 0.1) is 0 Å². The van der Waals surface area contributed by atoms with Crippen LogP contribution in [0.3, 0.4) is 0 Å². The van der Waals surface area contributed by atoms with Crippen molar-refractivity contribution < 1.29 is 14.4 Å². The van der Waals surface area contributed by atoms with Crippen molar-refractivity contribution in [3.8, 4) is 0 Å². The third-order valence-corrected chi connectivity index (χ3v) is 5.05. The second kappa shape index (κ2) is 7.87. The zero-order valence-corrected chi connectivity index (χ0v) is 16.8. The molecule has 1 fully saturated rings. The Morgan fingerprint density at radius 3 is 2.53 bits per heavy atom. The van der Waals surface area contributed by atoms with E-state index >= 15 is 0 Å². The van der Waals surface area contributed by atoms with Gasteiger partial charge in [-0.3, -0.25) is 14.5 Å². The fourth-order valence-corrected chi connectivity index (χ4v) is 3.53. The summed E-state index contributed by atoms with van der Waals surface area (Å²) in [5.41, 5.74) is 3.72. The van der Waals surface area contributed by atoms with Crippen LogP contribution >= 0.6 is 0 Å². The number of hydrogen-bond donors (Lipinski definition) is 2. The molecule has 7 heteroatoms. The Kier molecular flexibility index (Phi) is 5.10. The molecule has 3 aromatic rings. The Morgan fingerprint density at radius 2 is 1.83 bits per heavy atom. The monoisotopic (exact) mass is 402 g/mol. The van der Waals surface area contributed by atoms with Crippen LogP contribution in [0, 0.1) is 6.92 Å². The number of imide groups is 1. The predicted molar refractivity (Wildman–Crippen MR) is 116 cm³/mol. The Bertz CT molecular complexity index is 1170. The summed E-state index contributed by atoms with van der Waals surface area (Å²) in [4.78, 5) is 38.1. The molecular weight excluding hydrogens is 380 g/mol. The fourth-order valence-electron chi connectivity index (χ4n) is 3.53. The van der Waals surface area contributed by atoms with Crippen molar-refractivity contribution in [1.29, 1.82) is 0 Å². The fraction of sp³-hybridized carbons (Fsp3) is 0.174. The van der Waals surface area contributed by atoms with E-state index in [2.05, 4.69) is 10.6 Å². The highest BCUT2D eigenvalue weighted by Gasteiger charge is 2.32. The normalized spacial score (nSPS) is 15.1. The molecule has 2 aromatic carbocycles.